The van der Waals surface area contributed by atoms with Crippen molar-refractivity contribution in [2.45, 2.75) is 52.1 Å². The molecule has 0 aliphatic carbocycles. The van der Waals surface area contributed by atoms with Crippen LogP contribution in [-0.4, -0.2) is 44.8 Å². The van der Waals surface area contributed by atoms with Crippen LogP contribution in [0.15, 0.2) is 71.6 Å². The molecule has 1 N–H and O–H groups in total. The molecule has 0 aromatic heterocycles. The molecule has 196 valence electrons. The Bertz CT molecular complexity index is 1380. The normalized spacial score (nSPS) is 12.1. The molecule has 3 aromatic rings. The summed E-state index contributed by atoms with van der Waals surface area (Å²) in [5.74, 6) is -0.808. The minimum absolute atomic E-state index is 0.0941. The van der Waals surface area contributed by atoms with Gasteiger partial charge in [0.25, 0.3) is 10.0 Å². The lowest BCUT2D eigenvalue weighted by Crippen LogP contribution is -2.50. The quantitative estimate of drug-likeness (QED) is 0.455. The van der Waals surface area contributed by atoms with Gasteiger partial charge in [-0.3, -0.25) is 13.9 Å². The number of rotatable bonds is 9. The highest BCUT2D eigenvalue weighted by Crippen LogP contribution is 2.29. The molecule has 8 heteroatoms. The van der Waals surface area contributed by atoms with E-state index in [2.05, 4.69) is 5.32 Å². The first-order valence-corrected chi connectivity index (χ1v) is 13.6. The molecule has 3 rings (SSSR count). The van der Waals surface area contributed by atoms with E-state index in [1.165, 1.54) is 11.9 Å². The Morgan fingerprint density at radius 2 is 1.49 bits per heavy atom. The number of nitrogens with zero attached hydrogens (tertiary/aromatic N) is 2. The highest BCUT2D eigenvalue weighted by molar-refractivity contribution is 7.92. The van der Waals surface area contributed by atoms with Crippen molar-refractivity contribution in [2.75, 3.05) is 17.9 Å². The molecule has 37 heavy (non-hydrogen) atoms. The van der Waals surface area contributed by atoms with Gasteiger partial charge in [0.15, 0.2) is 0 Å². The number of likely N-dealkylation sites (N-methyl/N-ethyl adjacent to an activating group) is 1. The van der Waals surface area contributed by atoms with E-state index in [4.69, 9.17) is 0 Å². The molecule has 0 aliphatic rings. The van der Waals surface area contributed by atoms with Gasteiger partial charge in [0, 0.05) is 13.6 Å². The van der Waals surface area contributed by atoms with Crippen LogP contribution < -0.4 is 9.62 Å². The van der Waals surface area contributed by atoms with Gasteiger partial charge in [-0.05, 0) is 75.1 Å². The van der Waals surface area contributed by atoms with Gasteiger partial charge in [-0.25, -0.2) is 8.42 Å². The van der Waals surface area contributed by atoms with E-state index < -0.39 is 28.5 Å². The predicted molar refractivity (Wildman–Crippen MR) is 147 cm³/mol. The molecular weight excluding hydrogens is 486 g/mol. The maximum atomic E-state index is 13.9. The predicted octanol–water partition coefficient (Wildman–Crippen LogP) is 4.28. The Morgan fingerprint density at radius 3 is 2.11 bits per heavy atom. The summed E-state index contributed by atoms with van der Waals surface area (Å²) in [5.41, 5.74) is 4.80. The molecule has 0 saturated heterocycles. The van der Waals surface area contributed by atoms with Gasteiger partial charge in [0.2, 0.25) is 11.8 Å². The van der Waals surface area contributed by atoms with Crippen LogP contribution in [-0.2, 0) is 26.2 Å². The Balaban J connectivity index is 2.09. The molecule has 3 aromatic carbocycles. The van der Waals surface area contributed by atoms with Gasteiger partial charge in [0.1, 0.15) is 12.6 Å². The molecule has 0 spiro atoms. The van der Waals surface area contributed by atoms with Crippen molar-refractivity contribution in [3.8, 4) is 0 Å². The number of hydrogen-bond acceptors (Lipinski definition) is 4. The summed E-state index contributed by atoms with van der Waals surface area (Å²) < 4.78 is 29.0. The maximum Gasteiger partial charge on any atom is 0.264 e. The fourth-order valence-electron chi connectivity index (χ4n) is 4.10. The number of nitrogens with one attached hydrogen (secondary N) is 1. The van der Waals surface area contributed by atoms with Crippen LogP contribution in [0.25, 0.3) is 0 Å². The number of aryl methyl sites for hydroxylation is 4. The number of carbonyl (C=O) groups excluding carboxylic acids is 2. The zero-order valence-electron chi connectivity index (χ0n) is 22.3. The van der Waals surface area contributed by atoms with Gasteiger partial charge < -0.3 is 10.2 Å². The van der Waals surface area contributed by atoms with E-state index in [1.54, 1.807) is 37.3 Å². The smallest absolute Gasteiger partial charge is 0.264 e. The third-order valence-corrected chi connectivity index (χ3v) is 8.31. The molecule has 1 unspecified atom stereocenters. The lowest BCUT2D eigenvalue weighted by molar-refractivity contribution is -0.139. The Hall–Kier alpha value is -3.65. The number of sulfonamides is 1. The molecule has 0 saturated carbocycles. The van der Waals surface area contributed by atoms with E-state index in [0.29, 0.717) is 5.69 Å². The first kappa shape index (κ1) is 27.9. The minimum Gasteiger partial charge on any atom is -0.357 e. The molecule has 1 atom stereocenters. The SMILES string of the molecule is CNC(=O)C(C)N(Cc1ccccc1C)C(=O)CN(c1cc(C)ccc1C)S(=O)(=O)c1ccc(C)cc1. The zero-order valence-corrected chi connectivity index (χ0v) is 23.1. The van der Waals surface area contributed by atoms with Crippen molar-refractivity contribution < 1.29 is 18.0 Å². The first-order chi connectivity index (χ1) is 17.4. The van der Waals surface area contributed by atoms with E-state index in [1.807, 2.05) is 64.1 Å². The van der Waals surface area contributed by atoms with Crippen molar-refractivity contribution in [3.05, 3.63) is 94.5 Å². The number of anilines is 1. The van der Waals surface area contributed by atoms with Gasteiger partial charge >= 0.3 is 0 Å². The van der Waals surface area contributed by atoms with Gasteiger partial charge in [-0.1, -0.05) is 54.1 Å². The number of carbonyl (C=O) groups is 2. The van der Waals surface area contributed by atoms with Crippen molar-refractivity contribution in [2.24, 2.45) is 0 Å². The summed E-state index contributed by atoms with van der Waals surface area (Å²) in [4.78, 5) is 28.0. The fraction of sp³-hybridized carbons (Fsp3) is 0.310. The van der Waals surface area contributed by atoms with Crippen LogP contribution in [0.3, 0.4) is 0 Å². The van der Waals surface area contributed by atoms with Crippen LogP contribution in [0.5, 0.6) is 0 Å². The summed E-state index contributed by atoms with van der Waals surface area (Å²) in [5, 5.41) is 2.60. The number of benzene rings is 3. The number of amides is 2. The Morgan fingerprint density at radius 1 is 0.865 bits per heavy atom. The third kappa shape index (κ3) is 6.38. The van der Waals surface area contributed by atoms with Crippen LogP contribution in [0, 0.1) is 27.7 Å². The lowest BCUT2D eigenvalue weighted by Gasteiger charge is -2.32. The van der Waals surface area contributed by atoms with Gasteiger partial charge in [-0.2, -0.15) is 0 Å². The van der Waals surface area contributed by atoms with Gasteiger partial charge in [0.05, 0.1) is 10.6 Å². The van der Waals surface area contributed by atoms with Crippen molar-refractivity contribution in [1.82, 2.24) is 10.2 Å². The average Bonchev–Trinajstić information content (AvgIpc) is 2.87. The Labute approximate surface area is 220 Å². The van der Waals surface area contributed by atoms with Crippen molar-refractivity contribution >= 4 is 27.5 Å². The maximum absolute atomic E-state index is 13.9. The zero-order chi connectivity index (χ0) is 27.3. The molecule has 2 amide bonds. The minimum atomic E-state index is -4.09. The molecule has 0 radical (unpaired) electrons. The average molecular weight is 522 g/mol. The molecule has 0 heterocycles. The standard InChI is InChI=1S/C29H35N3O4S/c1-20-12-15-26(16-13-20)37(35,36)32(27-17-21(2)11-14-23(27)4)19-28(33)31(24(5)29(34)30-6)18-25-10-8-7-9-22(25)3/h7-17,24H,18-19H2,1-6H3,(H,30,34). The second-order valence-corrected chi connectivity index (χ2v) is 11.2. The van der Waals surface area contributed by atoms with Crippen molar-refractivity contribution in [3.63, 3.8) is 0 Å². The van der Waals surface area contributed by atoms with Gasteiger partial charge in [-0.15, -0.1) is 0 Å². The highest BCUT2D eigenvalue weighted by Gasteiger charge is 2.33. The third-order valence-electron chi connectivity index (χ3n) is 6.54. The van der Waals surface area contributed by atoms with Crippen LogP contribution in [0.1, 0.15) is 34.7 Å². The second kappa shape index (κ2) is 11.6. The van der Waals surface area contributed by atoms with Crippen molar-refractivity contribution in [1.29, 1.82) is 0 Å². The van der Waals surface area contributed by atoms with E-state index in [0.717, 1.165) is 32.1 Å². The fourth-order valence-corrected chi connectivity index (χ4v) is 5.57. The van der Waals surface area contributed by atoms with E-state index in [9.17, 15) is 18.0 Å². The summed E-state index contributed by atoms with van der Waals surface area (Å²) in [7, 11) is -2.57. The molecule has 7 nitrogen and oxygen atoms in total. The summed E-state index contributed by atoms with van der Waals surface area (Å²) in [6, 6.07) is 18.9. The first-order valence-electron chi connectivity index (χ1n) is 12.2. The van der Waals surface area contributed by atoms with E-state index in [-0.39, 0.29) is 17.3 Å². The summed E-state index contributed by atoms with van der Waals surface area (Å²) in [6.45, 7) is 8.87. The Kier molecular flexibility index (Phi) is 8.76. The molecule has 0 aliphatic heterocycles. The van der Waals surface area contributed by atoms with Crippen LogP contribution in [0.4, 0.5) is 5.69 Å². The number of hydrogen-bond donors (Lipinski definition) is 1. The topological polar surface area (TPSA) is 86.8 Å². The molecule has 0 fully saturated rings. The van der Waals surface area contributed by atoms with E-state index >= 15 is 0 Å². The lowest BCUT2D eigenvalue weighted by atomic mass is 10.1. The highest BCUT2D eigenvalue weighted by atomic mass is 32.2. The van der Waals surface area contributed by atoms with Crippen LogP contribution >= 0.6 is 0 Å². The molecule has 0 bridgehead atoms. The monoisotopic (exact) mass is 521 g/mol. The second-order valence-electron chi connectivity index (χ2n) is 9.35. The largest absolute Gasteiger partial charge is 0.357 e. The molecular formula is C29H35N3O4S. The van der Waals surface area contributed by atoms with Crippen LogP contribution in [0.2, 0.25) is 0 Å². The summed E-state index contributed by atoms with van der Waals surface area (Å²) >= 11 is 0. The summed E-state index contributed by atoms with van der Waals surface area (Å²) in [6.07, 6.45) is 0.